The van der Waals surface area contributed by atoms with Gasteiger partial charge in [-0.3, -0.25) is 4.79 Å². The molecule has 0 aliphatic carbocycles. The van der Waals surface area contributed by atoms with Crippen molar-refractivity contribution >= 4 is 17.8 Å². The van der Waals surface area contributed by atoms with Gasteiger partial charge in [-0.25, -0.2) is 9.82 Å². The van der Waals surface area contributed by atoms with Gasteiger partial charge in [0.1, 0.15) is 17.3 Å². The summed E-state index contributed by atoms with van der Waals surface area (Å²) in [6.07, 6.45) is 1.39. The Morgan fingerprint density at radius 3 is 2.43 bits per heavy atom. The smallest absolute Gasteiger partial charge is 0.271 e. The van der Waals surface area contributed by atoms with E-state index in [2.05, 4.69) is 10.5 Å². The molecular weight excluding hydrogens is 365 g/mol. The first-order chi connectivity index (χ1) is 13.6. The Morgan fingerprint density at radius 1 is 1.14 bits per heavy atom. The average molecular weight is 387 g/mol. The van der Waals surface area contributed by atoms with Crippen LogP contribution in [-0.4, -0.2) is 52.6 Å². The lowest BCUT2D eigenvalue weighted by Crippen LogP contribution is -2.36. The van der Waals surface area contributed by atoms with Crippen LogP contribution in [0, 0.1) is 5.82 Å². The van der Waals surface area contributed by atoms with E-state index >= 15 is 0 Å². The molecule has 8 heteroatoms. The molecule has 0 saturated carbocycles. The van der Waals surface area contributed by atoms with Gasteiger partial charge >= 0.3 is 0 Å². The van der Waals surface area contributed by atoms with Gasteiger partial charge in [-0.05, 0) is 29.8 Å². The summed E-state index contributed by atoms with van der Waals surface area (Å²) in [5, 5.41) is 3.91. The normalized spacial score (nSPS) is 14.2. The highest BCUT2D eigenvalue weighted by Gasteiger charge is 2.15. The number of methoxy groups -OCH3 is 2. The third kappa shape index (κ3) is 4.77. The fraction of sp³-hybridized carbons (Fsp3) is 0.300. The van der Waals surface area contributed by atoms with E-state index in [-0.39, 0.29) is 5.82 Å². The highest BCUT2D eigenvalue weighted by Crippen LogP contribution is 2.23. The maximum atomic E-state index is 14.4. The second-order valence-corrected chi connectivity index (χ2v) is 6.11. The maximum Gasteiger partial charge on any atom is 0.271 e. The van der Waals surface area contributed by atoms with Crippen LogP contribution in [0.5, 0.6) is 11.5 Å². The van der Waals surface area contributed by atoms with Gasteiger partial charge < -0.3 is 19.1 Å². The first-order valence-electron chi connectivity index (χ1n) is 8.79. The molecule has 1 saturated heterocycles. The first kappa shape index (κ1) is 19.6. The number of ether oxygens (including phenoxy) is 3. The van der Waals surface area contributed by atoms with Crippen molar-refractivity contribution in [2.75, 3.05) is 45.4 Å². The topological polar surface area (TPSA) is 72.4 Å². The number of carbonyl (C=O) groups excluding carboxylic acids is 1. The van der Waals surface area contributed by atoms with Crippen molar-refractivity contribution in [2.24, 2.45) is 5.10 Å². The largest absolute Gasteiger partial charge is 0.497 e. The minimum atomic E-state index is -0.432. The van der Waals surface area contributed by atoms with Gasteiger partial charge in [0.15, 0.2) is 0 Å². The zero-order valence-corrected chi connectivity index (χ0v) is 15.8. The Hall–Kier alpha value is -3.13. The van der Waals surface area contributed by atoms with E-state index in [9.17, 15) is 9.18 Å². The van der Waals surface area contributed by atoms with Gasteiger partial charge in [0.05, 0.1) is 39.3 Å². The van der Waals surface area contributed by atoms with Crippen molar-refractivity contribution in [2.45, 2.75) is 0 Å². The van der Waals surface area contributed by atoms with Gasteiger partial charge in [0, 0.05) is 24.7 Å². The van der Waals surface area contributed by atoms with Crippen molar-refractivity contribution in [3.8, 4) is 11.5 Å². The molecule has 148 valence electrons. The van der Waals surface area contributed by atoms with Crippen LogP contribution in [0.2, 0.25) is 0 Å². The van der Waals surface area contributed by atoms with Crippen LogP contribution in [0.1, 0.15) is 15.9 Å². The number of benzene rings is 2. The van der Waals surface area contributed by atoms with Crippen molar-refractivity contribution in [3.05, 3.63) is 53.3 Å². The molecule has 0 bridgehead atoms. The Labute approximate surface area is 162 Å². The molecular formula is C20H22FN3O4. The zero-order valence-electron chi connectivity index (χ0n) is 15.8. The van der Waals surface area contributed by atoms with E-state index in [1.54, 1.807) is 30.3 Å². The number of rotatable bonds is 6. The average Bonchev–Trinajstić information content (AvgIpc) is 2.74. The molecule has 0 aromatic heterocycles. The summed E-state index contributed by atoms with van der Waals surface area (Å²) < 4.78 is 30.0. The molecule has 0 radical (unpaired) electrons. The minimum Gasteiger partial charge on any atom is -0.497 e. The molecule has 1 aliphatic heterocycles. The molecule has 2 aromatic rings. The number of nitrogens with one attached hydrogen (secondary N) is 1. The lowest BCUT2D eigenvalue weighted by atomic mass is 10.2. The van der Waals surface area contributed by atoms with Crippen molar-refractivity contribution in [1.29, 1.82) is 0 Å². The Kier molecular flexibility index (Phi) is 6.44. The number of nitrogens with zero attached hydrogens (tertiary/aromatic N) is 2. The monoisotopic (exact) mass is 387 g/mol. The molecule has 1 aliphatic rings. The number of anilines is 1. The van der Waals surface area contributed by atoms with E-state index in [0.717, 1.165) is 0 Å². The molecule has 28 heavy (non-hydrogen) atoms. The molecule has 0 spiro atoms. The molecule has 0 unspecified atom stereocenters. The lowest BCUT2D eigenvalue weighted by Gasteiger charge is -2.29. The molecule has 2 aromatic carbocycles. The summed E-state index contributed by atoms with van der Waals surface area (Å²) in [7, 11) is 3.01. The molecule has 3 rings (SSSR count). The highest BCUT2D eigenvalue weighted by molar-refractivity contribution is 5.95. The second-order valence-electron chi connectivity index (χ2n) is 6.11. The number of morpholine rings is 1. The Bertz CT molecular complexity index is 844. The second kappa shape index (κ2) is 9.18. The van der Waals surface area contributed by atoms with Crippen LogP contribution >= 0.6 is 0 Å². The molecule has 7 nitrogen and oxygen atoms in total. The standard InChI is InChI=1S/C20H22FN3O4/c1-26-16-10-15(11-17(12-16)27-2)20(25)23-22-13-14-3-4-19(18(21)9-14)24-5-7-28-8-6-24/h3-4,9-13H,5-8H2,1-2H3,(H,23,25)/b22-13-. The number of amides is 1. The van der Waals surface area contributed by atoms with E-state index in [4.69, 9.17) is 14.2 Å². The number of hydrogen-bond acceptors (Lipinski definition) is 6. The predicted octanol–water partition coefficient (Wildman–Crippen LogP) is 2.44. The molecule has 1 heterocycles. The van der Waals surface area contributed by atoms with Gasteiger partial charge in [0.2, 0.25) is 0 Å². The number of halogens is 1. The highest BCUT2D eigenvalue weighted by atomic mass is 19.1. The SMILES string of the molecule is COc1cc(OC)cc(C(=O)N/N=C\c2ccc(N3CCOCC3)c(F)c2)c1. The summed E-state index contributed by atoms with van der Waals surface area (Å²) >= 11 is 0. The van der Waals surface area contributed by atoms with Crippen molar-refractivity contribution in [3.63, 3.8) is 0 Å². The molecule has 0 atom stereocenters. The van der Waals surface area contributed by atoms with Crippen LogP contribution in [0.15, 0.2) is 41.5 Å². The van der Waals surface area contributed by atoms with Gasteiger partial charge in [-0.15, -0.1) is 0 Å². The zero-order chi connectivity index (χ0) is 19.9. The Balaban J connectivity index is 1.65. The maximum absolute atomic E-state index is 14.4. The molecule has 1 amide bonds. The van der Waals surface area contributed by atoms with E-state index in [1.807, 2.05) is 4.90 Å². The van der Waals surface area contributed by atoms with Gasteiger partial charge in [0.25, 0.3) is 5.91 Å². The van der Waals surface area contributed by atoms with Crippen LogP contribution in [0.25, 0.3) is 0 Å². The van der Waals surface area contributed by atoms with Crippen LogP contribution < -0.4 is 19.8 Å². The van der Waals surface area contributed by atoms with Crippen LogP contribution in [0.4, 0.5) is 10.1 Å². The van der Waals surface area contributed by atoms with Crippen molar-refractivity contribution < 1.29 is 23.4 Å². The number of carbonyl (C=O) groups is 1. The Morgan fingerprint density at radius 2 is 1.82 bits per heavy atom. The third-order valence-electron chi connectivity index (χ3n) is 4.32. The van der Waals surface area contributed by atoms with Gasteiger partial charge in [-0.1, -0.05) is 6.07 Å². The predicted molar refractivity (Wildman–Crippen MR) is 104 cm³/mol. The summed E-state index contributed by atoms with van der Waals surface area (Å²) in [5.41, 5.74) is 3.83. The fourth-order valence-electron chi connectivity index (χ4n) is 2.83. The minimum absolute atomic E-state index is 0.335. The fourth-order valence-corrected chi connectivity index (χ4v) is 2.83. The van der Waals surface area contributed by atoms with Crippen LogP contribution in [0.3, 0.4) is 0 Å². The quantitative estimate of drug-likeness (QED) is 0.609. The van der Waals surface area contributed by atoms with E-state index in [0.29, 0.717) is 54.6 Å². The molecule has 1 N–H and O–H groups in total. The first-order valence-corrected chi connectivity index (χ1v) is 8.79. The summed E-state index contributed by atoms with van der Waals surface area (Å²) in [5.74, 6) is 0.220. The van der Waals surface area contributed by atoms with Gasteiger partial charge in [-0.2, -0.15) is 5.10 Å². The number of hydrazone groups is 1. The van der Waals surface area contributed by atoms with Crippen LogP contribution in [-0.2, 0) is 4.74 Å². The summed E-state index contributed by atoms with van der Waals surface area (Å²) in [6, 6.07) is 9.65. The third-order valence-corrected chi connectivity index (χ3v) is 4.32. The van der Waals surface area contributed by atoms with E-state index < -0.39 is 5.91 Å². The number of hydrogen-bond donors (Lipinski definition) is 1. The molecule has 1 fully saturated rings. The lowest BCUT2D eigenvalue weighted by molar-refractivity contribution is 0.0954. The summed E-state index contributed by atoms with van der Waals surface area (Å²) in [6.45, 7) is 2.49. The summed E-state index contributed by atoms with van der Waals surface area (Å²) in [4.78, 5) is 14.2. The van der Waals surface area contributed by atoms with E-state index in [1.165, 1.54) is 26.5 Å². The van der Waals surface area contributed by atoms with Crippen molar-refractivity contribution in [1.82, 2.24) is 5.43 Å².